The Morgan fingerprint density at radius 1 is 1.38 bits per heavy atom. The summed E-state index contributed by atoms with van der Waals surface area (Å²) in [5.74, 6) is -0.265. The number of benzene rings is 1. The summed E-state index contributed by atoms with van der Waals surface area (Å²) in [6.45, 7) is 3.95. The van der Waals surface area contributed by atoms with E-state index in [1.165, 1.54) is 0 Å². The van der Waals surface area contributed by atoms with Crippen LogP contribution in [0.2, 0.25) is 0 Å². The van der Waals surface area contributed by atoms with Crippen LogP contribution >= 0.6 is 15.9 Å². The van der Waals surface area contributed by atoms with E-state index in [0.717, 1.165) is 17.3 Å². The molecule has 0 unspecified atom stereocenters. The highest BCUT2D eigenvalue weighted by atomic mass is 79.9. The van der Waals surface area contributed by atoms with E-state index >= 15 is 0 Å². The van der Waals surface area contributed by atoms with E-state index in [1.807, 2.05) is 32.0 Å². The highest BCUT2D eigenvalue weighted by Crippen LogP contribution is 2.32. The van der Waals surface area contributed by atoms with Gasteiger partial charge < -0.3 is 16.3 Å². The van der Waals surface area contributed by atoms with Crippen molar-refractivity contribution < 1.29 is 10.0 Å². The molecule has 4 N–H and O–H groups in total. The number of nitrogens with two attached hydrogens (primary N) is 1. The number of nitrogens with one attached hydrogen (secondary N) is 1. The third kappa shape index (κ3) is 4.20. The molecule has 1 rings (SSSR count). The van der Waals surface area contributed by atoms with E-state index in [4.69, 9.17) is 10.9 Å². The summed E-state index contributed by atoms with van der Waals surface area (Å²) in [7, 11) is 0. The number of nitrogens with zero attached hydrogens (tertiary/aromatic N) is 1. The molecular formula is C15H22BrN3O2. The summed E-state index contributed by atoms with van der Waals surface area (Å²) in [6, 6.07) is 7.33. The molecule has 1 aromatic rings. The van der Waals surface area contributed by atoms with Gasteiger partial charge in [-0.05, 0) is 31.0 Å². The van der Waals surface area contributed by atoms with E-state index in [1.54, 1.807) is 6.07 Å². The monoisotopic (exact) mass is 355 g/mol. The van der Waals surface area contributed by atoms with Crippen molar-refractivity contribution in [1.82, 2.24) is 0 Å². The number of carbonyl (C=O) groups excluding carboxylic acids is 1. The number of anilines is 1. The van der Waals surface area contributed by atoms with Crippen molar-refractivity contribution >= 4 is 33.4 Å². The summed E-state index contributed by atoms with van der Waals surface area (Å²) < 4.78 is 0.876. The van der Waals surface area contributed by atoms with Crippen LogP contribution in [0.15, 0.2) is 33.9 Å². The SMILES string of the molecule is CCCC(CCC)(C(=O)Nc1cccc(Br)c1)C(N)=NO. The lowest BCUT2D eigenvalue weighted by Gasteiger charge is -2.30. The van der Waals surface area contributed by atoms with Crippen LogP contribution in [-0.4, -0.2) is 17.0 Å². The Hall–Kier alpha value is -1.56. The fourth-order valence-electron chi connectivity index (χ4n) is 2.49. The Kier molecular flexibility index (Phi) is 6.68. The van der Waals surface area contributed by atoms with Crippen molar-refractivity contribution in [1.29, 1.82) is 0 Å². The molecule has 0 saturated heterocycles. The highest BCUT2D eigenvalue weighted by Gasteiger charge is 2.41. The second-order valence-electron chi connectivity index (χ2n) is 5.03. The topological polar surface area (TPSA) is 87.7 Å². The minimum absolute atomic E-state index is 0.0290. The summed E-state index contributed by atoms with van der Waals surface area (Å²) in [5, 5.41) is 15.0. The Morgan fingerprint density at radius 2 is 2.00 bits per heavy atom. The van der Waals surface area contributed by atoms with Gasteiger partial charge in [0, 0.05) is 10.2 Å². The van der Waals surface area contributed by atoms with Gasteiger partial charge in [-0.2, -0.15) is 0 Å². The molecule has 6 heteroatoms. The fourth-order valence-corrected chi connectivity index (χ4v) is 2.89. The zero-order chi connectivity index (χ0) is 15.9. The summed E-state index contributed by atoms with van der Waals surface area (Å²) >= 11 is 3.37. The second kappa shape index (κ2) is 8.02. The average Bonchev–Trinajstić information content (AvgIpc) is 2.46. The smallest absolute Gasteiger partial charge is 0.238 e. The van der Waals surface area contributed by atoms with Crippen LogP contribution < -0.4 is 11.1 Å². The van der Waals surface area contributed by atoms with Gasteiger partial charge in [0.05, 0.1) is 0 Å². The minimum Gasteiger partial charge on any atom is -0.409 e. The van der Waals surface area contributed by atoms with Gasteiger partial charge in [-0.15, -0.1) is 0 Å². The quantitative estimate of drug-likeness (QED) is 0.301. The molecule has 0 heterocycles. The predicted molar refractivity (Wildman–Crippen MR) is 88.4 cm³/mol. The van der Waals surface area contributed by atoms with Gasteiger partial charge in [0.15, 0.2) is 5.84 Å². The van der Waals surface area contributed by atoms with Gasteiger partial charge in [-0.25, -0.2) is 0 Å². The van der Waals surface area contributed by atoms with Gasteiger partial charge in [-0.1, -0.05) is 53.8 Å². The van der Waals surface area contributed by atoms with E-state index < -0.39 is 5.41 Å². The van der Waals surface area contributed by atoms with Gasteiger partial charge in [0.1, 0.15) is 5.41 Å². The lowest BCUT2D eigenvalue weighted by Crippen LogP contribution is -2.47. The zero-order valence-corrected chi connectivity index (χ0v) is 14.0. The average molecular weight is 356 g/mol. The number of hydrogen-bond acceptors (Lipinski definition) is 3. The zero-order valence-electron chi connectivity index (χ0n) is 12.4. The second-order valence-corrected chi connectivity index (χ2v) is 5.95. The standard InChI is InChI=1S/C15H22BrN3O2/c1-3-8-15(9-4-2,13(17)19-21)14(20)18-12-7-5-6-11(16)10-12/h5-7,10,21H,3-4,8-9H2,1-2H3,(H2,17,19)(H,18,20). The van der Waals surface area contributed by atoms with Crippen LogP contribution in [0.3, 0.4) is 0 Å². The summed E-state index contributed by atoms with van der Waals surface area (Å²) in [4.78, 5) is 12.7. The van der Waals surface area contributed by atoms with Gasteiger partial charge in [-0.3, -0.25) is 4.79 Å². The normalized spacial score (nSPS) is 12.2. The molecule has 0 fully saturated rings. The van der Waals surface area contributed by atoms with Crippen molar-refractivity contribution in [2.45, 2.75) is 39.5 Å². The molecule has 1 aromatic carbocycles. The first kappa shape index (κ1) is 17.5. The number of halogens is 1. The molecule has 21 heavy (non-hydrogen) atoms. The maximum atomic E-state index is 12.7. The van der Waals surface area contributed by atoms with Crippen molar-refractivity contribution in [3.8, 4) is 0 Å². The lowest BCUT2D eigenvalue weighted by atomic mass is 9.77. The number of amides is 1. The Labute approximate surface area is 133 Å². The van der Waals surface area contributed by atoms with Gasteiger partial charge in [0.2, 0.25) is 5.91 Å². The van der Waals surface area contributed by atoms with Crippen LogP contribution in [0.5, 0.6) is 0 Å². The fraction of sp³-hybridized carbons (Fsp3) is 0.467. The number of oxime groups is 1. The van der Waals surface area contributed by atoms with Crippen LogP contribution in [-0.2, 0) is 4.79 Å². The third-order valence-corrected chi connectivity index (χ3v) is 3.96. The largest absolute Gasteiger partial charge is 0.409 e. The first-order valence-corrected chi connectivity index (χ1v) is 7.84. The van der Waals surface area contributed by atoms with E-state index in [9.17, 15) is 4.79 Å². The molecule has 1 amide bonds. The maximum absolute atomic E-state index is 12.7. The number of hydrogen-bond donors (Lipinski definition) is 3. The van der Waals surface area contributed by atoms with E-state index in [-0.39, 0.29) is 11.7 Å². The molecule has 0 atom stereocenters. The van der Waals surface area contributed by atoms with Crippen molar-refractivity contribution in [2.75, 3.05) is 5.32 Å². The molecule has 0 bridgehead atoms. The molecule has 0 saturated carbocycles. The molecular weight excluding hydrogens is 334 g/mol. The summed E-state index contributed by atoms with van der Waals surface area (Å²) in [6.07, 6.45) is 2.61. The Balaban J connectivity index is 3.09. The number of amidine groups is 1. The van der Waals surface area contributed by atoms with Crippen molar-refractivity contribution in [2.24, 2.45) is 16.3 Å². The van der Waals surface area contributed by atoms with Crippen LogP contribution in [0, 0.1) is 5.41 Å². The Morgan fingerprint density at radius 3 is 2.48 bits per heavy atom. The Bertz CT molecular complexity index is 511. The van der Waals surface area contributed by atoms with Crippen LogP contribution in [0.4, 0.5) is 5.69 Å². The number of carbonyl (C=O) groups is 1. The van der Waals surface area contributed by atoms with Gasteiger partial charge >= 0.3 is 0 Å². The first-order chi connectivity index (χ1) is 10.00. The molecule has 0 radical (unpaired) electrons. The molecule has 0 aromatic heterocycles. The lowest BCUT2D eigenvalue weighted by molar-refractivity contribution is -0.123. The summed E-state index contributed by atoms with van der Waals surface area (Å²) in [5.41, 5.74) is 5.54. The third-order valence-electron chi connectivity index (χ3n) is 3.47. The van der Waals surface area contributed by atoms with Gasteiger partial charge in [0.25, 0.3) is 0 Å². The van der Waals surface area contributed by atoms with Crippen molar-refractivity contribution in [3.63, 3.8) is 0 Å². The van der Waals surface area contributed by atoms with Crippen molar-refractivity contribution in [3.05, 3.63) is 28.7 Å². The predicted octanol–water partition coefficient (Wildman–Crippen LogP) is 3.72. The maximum Gasteiger partial charge on any atom is 0.238 e. The van der Waals surface area contributed by atoms with E-state index in [2.05, 4.69) is 26.4 Å². The molecule has 0 aliphatic rings. The molecule has 0 aliphatic carbocycles. The first-order valence-electron chi connectivity index (χ1n) is 7.05. The molecule has 0 aliphatic heterocycles. The van der Waals surface area contributed by atoms with E-state index in [0.29, 0.717) is 18.5 Å². The molecule has 0 spiro atoms. The number of rotatable bonds is 7. The molecule has 5 nitrogen and oxygen atoms in total. The minimum atomic E-state index is -0.972. The van der Waals surface area contributed by atoms with Crippen LogP contribution in [0.1, 0.15) is 39.5 Å². The highest BCUT2D eigenvalue weighted by molar-refractivity contribution is 9.10. The molecule has 116 valence electrons. The van der Waals surface area contributed by atoms with Crippen LogP contribution in [0.25, 0.3) is 0 Å².